The molecule has 0 amide bonds. The van der Waals surface area contributed by atoms with Crippen LogP contribution >= 0.6 is 0 Å². The minimum atomic E-state index is 0.632. The first-order chi connectivity index (χ1) is 11.7. The molecular weight excluding hydrogens is 312 g/mol. The molecule has 0 rings (SSSR count). The summed E-state index contributed by atoms with van der Waals surface area (Å²) in [6.45, 7) is 1.26. The first-order valence-corrected chi connectivity index (χ1v) is 7.90. The van der Waals surface area contributed by atoms with Gasteiger partial charge in [0.2, 0.25) is 24.3 Å². The fraction of sp³-hybridized carbons (Fsp3) is 0.750. The Morgan fingerprint density at radius 3 is 0.917 bits per heavy atom. The third-order valence-corrected chi connectivity index (χ3v) is 2.92. The van der Waals surface area contributed by atoms with E-state index in [1.807, 2.05) is 0 Å². The van der Waals surface area contributed by atoms with Crippen molar-refractivity contribution in [2.75, 3.05) is 13.1 Å². The van der Waals surface area contributed by atoms with Gasteiger partial charge >= 0.3 is 0 Å². The number of hydrogen-bond acceptors (Lipinski definition) is 8. The minimum absolute atomic E-state index is 0.632. The van der Waals surface area contributed by atoms with Gasteiger partial charge in [-0.05, 0) is 12.8 Å². The van der Waals surface area contributed by atoms with Crippen LogP contribution in [0.2, 0.25) is 0 Å². The van der Waals surface area contributed by atoms with Gasteiger partial charge in [-0.15, -0.1) is 0 Å². The van der Waals surface area contributed by atoms with Crippen LogP contribution in [-0.4, -0.2) is 37.4 Å². The SMILES string of the molecule is N=C=O.N=C=O.O=C=NCCCCCCCCCCCCN=C=O. The van der Waals surface area contributed by atoms with Crippen molar-refractivity contribution < 1.29 is 19.2 Å². The molecule has 0 atom stereocenters. The minimum Gasteiger partial charge on any atom is -0.222 e. The van der Waals surface area contributed by atoms with Crippen LogP contribution in [0.1, 0.15) is 64.2 Å². The molecule has 0 aliphatic heterocycles. The average molecular weight is 338 g/mol. The van der Waals surface area contributed by atoms with Gasteiger partial charge in [0.1, 0.15) is 0 Å². The Morgan fingerprint density at radius 1 is 0.500 bits per heavy atom. The largest absolute Gasteiger partial charge is 0.234 e. The van der Waals surface area contributed by atoms with Crippen LogP contribution < -0.4 is 0 Å². The molecule has 0 aliphatic carbocycles. The third-order valence-electron chi connectivity index (χ3n) is 2.92. The molecule has 134 valence electrons. The van der Waals surface area contributed by atoms with Gasteiger partial charge in [-0.1, -0.05) is 51.4 Å². The van der Waals surface area contributed by atoms with Crippen molar-refractivity contribution in [2.24, 2.45) is 9.98 Å². The maximum Gasteiger partial charge on any atom is 0.234 e. The second kappa shape index (κ2) is 32.5. The molecule has 0 fully saturated rings. The lowest BCUT2D eigenvalue weighted by Gasteiger charge is -2.01. The zero-order chi connectivity index (χ0) is 18.7. The first-order valence-electron chi connectivity index (χ1n) is 7.90. The Balaban J connectivity index is -0.000000635. The molecule has 24 heavy (non-hydrogen) atoms. The van der Waals surface area contributed by atoms with Crippen molar-refractivity contribution in [3.8, 4) is 0 Å². The summed E-state index contributed by atoms with van der Waals surface area (Å²) >= 11 is 0. The molecule has 0 aromatic heterocycles. The molecule has 0 saturated heterocycles. The average Bonchev–Trinajstić information content (AvgIpc) is 2.57. The van der Waals surface area contributed by atoms with Gasteiger partial charge in [0.05, 0.1) is 13.1 Å². The van der Waals surface area contributed by atoms with Crippen molar-refractivity contribution in [1.29, 1.82) is 10.8 Å². The number of nitrogens with one attached hydrogen (secondary N) is 2. The van der Waals surface area contributed by atoms with Crippen molar-refractivity contribution in [2.45, 2.75) is 64.2 Å². The normalized spacial score (nSPS) is 7.83. The third kappa shape index (κ3) is 42.7. The van der Waals surface area contributed by atoms with E-state index in [9.17, 15) is 9.59 Å². The highest BCUT2D eigenvalue weighted by molar-refractivity contribution is 5.32. The molecule has 0 unspecified atom stereocenters. The number of isocyanates is 4. The first kappa shape index (κ1) is 26.4. The summed E-state index contributed by atoms with van der Waals surface area (Å²) in [5, 5.41) is 10.8. The number of nitrogens with zero attached hydrogens (tertiary/aromatic N) is 2. The summed E-state index contributed by atoms with van der Waals surface area (Å²) in [5.41, 5.74) is 0. The zero-order valence-electron chi connectivity index (χ0n) is 14.0. The molecular formula is C16H26N4O4. The van der Waals surface area contributed by atoms with Crippen molar-refractivity contribution in [3.63, 3.8) is 0 Å². The Morgan fingerprint density at radius 2 is 0.708 bits per heavy atom. The topological polar surface area (TPSA) is 141 Å². The molecule has 0 saturated carbocycles. The zero-order valence-corrected chi connectivity index (χ0v) is 14.0. The van der Waals surface area contributed by atoms with Gasteiger partial charge in [-0.3, -0.25) is 0 Å². The highest BCUT2D eigenvalue weighted by atomic mass is 16.1. The summed E-state index contributed by atoms with van der Waals surface area (Å²) in [6.07, 6.45) is 16.6. The van der Waals surface area contributed by atoms with E-state index in [1.54, 1.807) is 12.2 Å². The molecule has 0 radical (unpaired) electrons. The molecule has 2 N–H and O–H groups in total. The quantitative estimate of drug-likeness (QED) is 0.301. The van der Waals surface area contributed by atoms with Gasteiger partial charge < -0.3 is 0 Å². The van der Waals surface area contributed by atoms with Crippen LogP contribution in [-0.2, 0) is 19.2 Å². The van der Waals surface area contributed by atoms with Crippen LogP contribution in [0.25, 0.3) is 0 Å². The number of carbonyl (C=O) groups excluding carboxylic acids is 4. The molecule has 0 bridgehead atoms. The Bertz CT molecular complexity index is 376. The summed E-state index contributed by atoms with van der Waals surface area (Å²) < 4.78 is 0. The van der Waals surface area contributed by atoms with E-state index in [4.69, 9.17) is 20.4 Å². The molecule has 8 nitrogen and oxygen atoms in total. The van der Waals surface area contributed by atoms with Crippen LogP contribution in [0.4, 0.5) is 0 Å². The van der Waals surface area contributed by atoms with Crippen LogP contribution in [0, 0.1) is 10.8 Å². The van der Waals surface area contributed by atoms with E-state index in [0.717, 1.165) is 37.8 Å². The molecule has 0 aliphatic rings. The summed E-state index contributed by atoms with van der Waals surface area (Å²) in [6, 6.07) is 0. The smallest absolute Gasteiger partial charge is 0.222 e. The maximum atomic E-state index is 9.81. The molecule has 0 heterocycles. The van der Waals surface area contributed by atoms with E-state index < -0.39 is 0 Å². The standard InChI is InChI=1S/C14H24N2O2.2CHNO/c17-13-15-11-9-7-5-3-1-2-4-6-8-10-12-16-14-18;2*2-1-3/h1-12H2;2*2H. The predicted molar refractivity (Wildman–Crippen MR) is 89.0 cm³/mol. The molecule has 0 aromatic carbocycles. The van der Waals surface area contributed by atoms with Gasteiger partial charge in [0.15, 0.2) is 0 Å². The van der Waals surface area contributed by atoms with Crippen molar-refractivity contribution in [1.82, 2.24) is 0 Å². The van der Waals surface area contributed by atoms with Crippen LogP contribution in [0.5, 0.6) is 0 Å². The van der Waals surface area contributed by atoms with E-state index >= 15 is 0 Å². The van der Waals surface area contributed by atoms with Crippen LogP contribution in [0.3, 0.4) is 0 Å². The lowest BCUT2D eigenvalue weighted by Crippen LogP contribution is -1.85. The van der Waals surface area contributed by atoms with Crippen molar-refractivity contribution >= 4 is 24.3 Å². The molecule has 0 spiro atoms. The van der Waals surface area contributed by atoms with E-state index in [-0.39, 0.29) is 0 Å². The van der Waals surface area contributed by atoms with Gasteiger partial charge in [-0.2, -0.15) is 0 Å². The summed E-state index contributed by atoms with van der Waals surface area (Å²) in [5.74, 6) is 0. The number of unbranched alkanes of at least 4 members (excludes halogenated alkanes) is 9. The lowest BCUT2D eigenvalue weighted by molar-refractivity contribution is 0.547. The Kier molecular flexibility index (Phi) is 35.7. The Labute approximate surface area is 142 Å². The fourth-order valence-electron chi connectivity index (χ4n) is 1.89. The van der Waals surface area contributed by atoms with Gasteiger partial charge in [0.25, 0.3) is 0 Å². The Hall–Kier alpha value is -2.48. The number of aliphatic imine (C=N–C) groups is 2. The highest BCUT2D eigenvalue weighted by Gasteiger charge is 1.92. The summed E-state index contributed by atoms with van der Waals surface area (Å²) in [7, 11) is 0. The predicted octanol–water partition coefficient (Wildman–Crippen LogP) is 3.36. The number of rotatable bonds is 13. The van der Waals surface area contributed by atoms with Gasteiger partial charge in [0, 0.05) is 0 Å². The monoisotopic (exact) mass is 338 g/mol. The summed E-state index contributed by atoms with van der Waals surface area (Å²) in [4.78, 5) is 43.4. The van der Waals surface area contributed by atoms with Gasteiger partial charge in [-0.25, -0.2) is 40.0 Å². The second-order valence-corrected chi connectivity index (χ2v) is 4.69. The van der Waals surface area contributed by atoms with E-state index in [0.29, 0.717) is 13.1 Å². The molecule has 8 heteroatoms. The molecule has 0 aromatic rings. The number of hydrogen-bond donors (Lipinski definition) is 2. The van der Waals surface area contributed by atoms with Crippen molar-refractivity contribution in [3.05, 3.63) is 0 Å². The highest BCUT2D eigenvalue weighted by Crippen LogP contribution is 2.10. The fourth-order valence-corrected chi connectivity index (χ4v) is 1.89. The van der Waals surface area contributed by atoms with E-state index in [1.165, 1.54) is 38.5 Å². The maximum absolute atomic E-state index is 9.81. The second-order valence-electron chi connectivity index (χ2n) is 4.69. The van der Waals surface area contributed by atoms with Crippen LogP contribution in [0.15, 0.2) is 9.98 Å². The lowest BCUT2D eigenvalue weighted by atomic mass is 10.1. The van der Waals surface area contributed by atoms with E-state index in [2.05, 4.69) is 9.98 Å².